The molecule has 346 valence electrons. The van der Waals surface area contributed by atoms with Crippen molar-refractivity contribution in [1.29, 1.82) is 0 Å². The zero-order valence-electron chi connectivity index (χ0n) is 41.2. The summed E-state index contributed by atoms with van der Waals surface area (Å²) in [5.74, 6) is 2.05. The lowest BCUT2D eigenvalue weighted by Crippen LogP contribution is -2.49. The second-order valence-electron chi connectivity index (χ2n) is 18.9. The van der Waals surface area contributed by atoms with Crippen LogP contribution in [0.15, 0.2) is 97.1 Å². The number of hydrogen-bond donors (Lipinski definition) is 0. The first kappa shape index (κ1) is 51.7. The molecule has 1 saturated carbocycles. The molecule has 4 aromatic carbocycles. The van der Waals surface area contributed by atoms with Crippen LogP contribution in [0.2, 0.25) is 36.3 Å². The molecule has 0 amide bonds. The molecule has 5 rings (SSSR count). The van der Waals surface area contributed by atoms with Gasteiger partial charge in [0.2, 0.25) is 0 Å². The smallest absolute Gasteiger partial charge is 0.128 e. The van der Waals surface area contributed by atoms with Crippen molar-refractivity contribution in [2.45, 2.75) is 193 Å². The quantitative estimate of drug-likeness (QED) is 0.0400. The predicted octanol–water partition coefficient (Wildman–Crippen LogP) is 14.8. The monoisotopic (exact) mass is 924 g/mol. The van der Waals surface area contributed by atoms with Crippen LogP contribution in [0.3, 0.4) is 0 Å². The molecule has 0 bridgehead atoms. The Kier molecular flexibility index (Phi) is 22.5. The van der Waals surface area contributed by atoms with E-state index in [9.17, 15) is 0 Å². The highest BCUT2D eigenvalue weighted by Gasteiger charge is 2.42. The molecule has 63 heavy (non-hydrogen) atoms. The van der Waals surface area contributed by atoms with Crippen LogP contribution < -0.4 is 41.1 Å². The number of ether oxygens (including phenoxy) is 2. The fourth-order valence-electron chi connectivity index (χ4n) is 10.7. The summed E-state index contributed by atoms with van der Waals surface area (Å²) < 4.78 is 16.0. The van der Waals surface area contributed by atoms with Crippen LogP contribution in [0.1, 0.15) is 151 Å². The molecule has 3 nitrogen and oxygen atoms in total. The van der Waals surface area contributed by atoms with Crippen LogP contribution in [0.5, 0.6) is 11.5 Å². The number of benzene rings is 4. The van der Waals surface area contributed by atoms with Gasteiger partial charge in [0.05, 0.1) is 30.4 Å². The third kappa shape index (κ3) is 13.4. The van der Waals surface area contributed by atoms with E-state index in [2.05, 4.69) is 143 Å². The molecular weight excluding hydrogens is 837 g/mol. The maximum absolute atomic E-state index is 6.44. The Labute approximate surface area is 391 Å². The number of para-hydroxylation sites is 2. The van der Waals surface area contributed by atoms with Crippen molar-refractivity contribution < 1.29 is 9.47 Å². The largest absolute Gasteiger partial charge is 0.496 e. The van der Waals surface area contributed by atoms with E-state index in [4.69, 9.17) is 9.47 Å². The molecule has 0 heterocycles. The van der Waals surface area contributed by atoms with Crippen molar-refractivity contribution in [3.05, 3.63) is 97.1 Å². The Bertz CT molecular complexity index is 1730. The van der Waals surface area contributed by atoms with E-state index in [-0.39, 0.29) is 0 Å². The van der Waals surface area contributed by atoms with Gasteiger partial charge in [-0.05, 0) is 47.7 Å². The molecule has 0 aliphatic heterocycles. The van der Waals surface area contributed by atoms with Crippen LogP contribution in [-0.2, 0) is 0 Å². The summed E-state index contributed by atoms with van der Waals surface area (Å²) in [6.07, 6.45) is 22.1. The minimum atomic E-state index is -1.79. The van der Waals surface area contributed by atoms with Crippen molar-refractivity contribution in [3.8, 4) is 11.5 Å². The third-order valence-electron chi connectivity index (χ3n) is 14.4. The zero-order chi connectivity index (χ0) is 44.9. The predicted molar refractivity (Wildman–Crippen MR) is 289 cm³/mol. The Morgan fingerprint density at radius 1 is 0.460 bits per heavy atom. The molecule has 0 radical (unpaired) electrons. The van der Waals surface area contributed by atoms with Gasteiger partial charge in [-0.15, -0.1) is 0 Å². The van der Waals surface area contributed by atoms with Crippen LogP contribution in [-0.4, -0.2) is 40.9 Å². The number of nitrogens with zero attached hydrogens (tertiary/aromatic N) is 1. The fraction of sp³-hybridized carbons (Fsp3) is 0.571. The Morgan fingerprint density at radius 3 is 1.14 bits per heavy atom. The third-order valence-corrected chi connectivity index (χ3v) is 31.1. The first-order chi connectivity index (χ1) is 30.9. The second kappa shape index (κ2) is 27.4. The van der Waals surface area contributed by atoms with Gasteiger partial charge < -0.3 is 9.47 Å². The van der Waals surface area contributed by atoms with Gasteiger partial charge in [0.1, 0.15) is 11.5 Å². The topological polar surface area (TPSA) is 21.7 Å². The lowest BCUT2D eigenvalue weighted by Gasteiger charge is -2.46. The van der Waals surface area contributed by atoms with Crippen LogP contribution >= 0.6 is 16.1 Å². The van der Waals surface area contributed by atoms with Crippen LogP contribution in [0, 0.1) is 0 Å². The molecule has 1 aliphatic carbocycles. The average molecular weight is 924 g/mol. The normalized spacial score (nSPS) is 14.8. The van der Waals surface area contributed by atoms with Gasteiger partial charge in [-0.2, -0.15) is 0 Å². The summed E-state index contributed by atoms with van der Waals surface area (Å²) in [7, 11) is -1.83. The SMILES string of the molecule is CCCC[Si](CCCC)(CCCC)c1cccc(P(c2ccccc2OC)N(C2CCCCC2)P(c2cccc([Si](CCCC)(CCCC)CCCC)c2)c2ccccc2OC)c1. The maximum Gasteiger partial charge on any atom is 0.128 e. The first-order valence-corrected chi connectivity index (χ1v) is 33.6. The van der Waals surface area contributed by atoms with E-state index in [1.54, 1.807) is 10.4 Å². The molecule has 7 heteroatoms. The minimum Gasteiger partial charge on any atom is -0.496 e. The highest BCUT2D eigenvalue weighted by molar-refractivity contribution is 7.85. The number of rotatable bonds is 29. The van der Waals surface area contributed by atoms with Crippen LogP contribution in [0.25, 0.3) is 0 Å². The van der Waals surface area contributed by atoms with E-state index in [0.29, 0.717) is 6.04 Å². The lowest BCUT2D eigenvalue weighted by molar-refractivity contribution is 0.355. The van der Waals surface area contributed by atoms with E-state index < -0.39 is 32.3 Å². The maximum atomic E-state index is 6.44. The van der Waals surface area contributed by atoms with Crippen molar-refractivity contribution in [3.63, 3.8) is 0 Å². The molecule has 0 spiro atoms. The van der Waals surface area contributed by atoms with Gasteiger partial charge in [-0.25, -0.2) is 4.44 Å². The van der Waals surface area contributed by atoms with Gasteiger partial charge in [0, 0.05) is 32.8 Å². The number of methoxy groups -OCH3 is 2. The number of hydrogen-bond acceptors (Lipinski definition) is 3. The molecule has 1 aliphatic rings. The standard InChI is InChI=1S/C56H87NO2P2Si2/c1-9-15-40-62(41-16-10-2,42-17-11-3)51-34-28-32-49(46-51)60(55-38-26-24-36-53(55)58-7)57(48-30-22-21-23-31-48)61(56-39-27-25-37-54(56)59-8)50-33-29-35-52(47-50)63(43-18-12-4,44-19-13-5)45-20-14-6/h24-29,32-39,46-48H,9-23,30-31,40-45H2,1-8H3. The fourth-order valence-corrected chi connectivity index (χ4v) is 28.9. The van der Waals surface area contributed by atoms with Crippen molar-refractivity contribution in [2.75, 3.05) is 14.2 Å². The second-order valence-corrected chi connectivity index (χ2v) is 32.6. The lowest BCUT2D eigenvalue weighted by atomic mass is 9.96. The molecule has 2 unspecified atom stereocenters. The van der Waals surface area contributed by atoms with Gasteiger partial charge >= 0.3 is 0 Å². The zero-order valence-corrected chi connectivity index (χ0v) is 45.0. The summed E-state index contributed by atoms with van der Waals surface area (Å²) in [4.78, 5) is 0. The van der Waals surface area contributed by atoms with Crippen LogP contribution in [0.4, 0.5) is 0 Å². The van der Waals surface area contributed by atoms with E-state index >= 15 is 0 Å². The van der Waals surface area contributed by atoms with E-state index in [1.165, 1.54) is 167 Å². The van der Waals surface area contributed by atoms with Crippen molar-refractivity contribution >= 4 is 63.9 Å². The minimum absolute atomic E-state index is 0.447. The Hall–Kier alpha value is -2.27. The van der Waals surface area contributed by atoms with Gasteiger partial charge in [0.15, 0.2) is 0 Å². The highest BCUT2D eigenvalue weighted by atomic mass is 31.2. The molecule has 4 aromatic rings. The van der Waals surface area contributed by atoms with Gasteiger partial charge in [0.25, 0.3) is 0 Å². The van der Waals surface area contributed by atoms with Gasteiger partial charge in [-0.3, -0.25) is 0 Å². The summed E-state index contributed by atoms with van der Waals surface area (Å²) in [6, 6.07) is 47.9. The molecule has 1 fully saturated rings. The highest BCUT2D eigenvalue weighted by Crippen LogP contribution is 2.59. The first-order valence-electron chi connectivity index (χ1n) is 25.8. The van der Waals surface area contributed by atoms with Crippen molar-refractivity contribution in [1.82, 2.24) is 4.44 Å². The Morgan fingerprint density at radius 2 is 0.810 bits per heavy atom. The average Bonchev–Trinajstić information content (AvgIpc) is 3.34. The Balaban J connectivity index is 1.87. The van der Waals surface area contributed by atoms with Gasteiger partial charge in [-0.1, -0.05) is 257 Å². The summed E-state index contributed by atoms with van der Waals surface area (Å²) in [6.45, 7) is 14.4. The van der Waals surface area contributed by atoms with E-state index in [0.717, 1.165) is 11.5 Å². The molecule has 0 saturated heterocycles. The summed E-state index contributed by atoms with van der Waals surface area (Å²) >= 11 is 0. The summed E-state index contributed by atoms with van der Waals surface area (Å²) in [5, 5.41) is 9.16. The van der Waals surface area contributed by atoms with E-state index in [1.807, 2.05) is 14.2 Å². The number of unbranched alkanes of at least 4 members (excludes halogenated alkanes) is 6. The summed E-state index contributed by atoms with van der Waals surface area (Å²) in [5.41, 5.74) is 0. The molecule has 0 N–H and O–H groups in total. The molecule has 0 aromatic heterocycles. The van der Waals surface area contributed by atoms with Crippen molar-refractivity contribution in [2.24, 2.45) is 0 Å². The molecule has 2 atom stereocenters. The molecular formula is C56H87NO2P2Si2.